The number of carboxylic acids is 1. The van der Waals surface area contributed by atoms with Crippen LogP contribution in [0.3, 0.4) is 0 Å². The first-order valence-electron chi connectivity index (χ1n) is 6.75. The van der Waals surface area contributed by atoms with Gasteiger partial charge < -0.3 is 21.1 Å². The molecule has 1 fully saturated rings. The highest BCUT2D eigenvalue weighted by Gasteiger charge is 2.29. The molecule has 7 nitrogen and oxygen atoms in total. The summed E-state index contributed by atoms with van der Waals surface area (Å²) in [6, 6.07) is -0.518. The maximum atomic E-state index is 12.0. The second kappa shape index (κ2) is 6.58. The van der Waals surface area contributed by atoms with Crippen molar-refractivity contribution in [3.63, 3.8) is 0 Å². The van der Waals surface area contributed by atoms with E-state index < -0.39 is 31.0 Å². The third kappa shape index (κ3) is 5.46. The third-order valence-corrected chi connectivity index (χ3v) is 3.63. The standard InChI is InChI=1S/C13H23N3O4/c1-13(2)5-3-9(4-6-13)15-12(20)16(7-10(14)17)8-11(18)19/h9H,3-8H2,1-2H3,(H2,14,17)(H,15,20)(H,18,19). The van der Waals surface area contributed by atoms with Gasteiger partial charge in [-0.1, -0.05) is 13.8 Å². The molecule has 0 aromatic heterocycles. The quantitative estimate of drug-likeness (QED) is 0.684. The molecular weight excluding hydrogens is 262 g/mol. The van der Waals surface area contributed by atoms with E-state index in [0.717, 1.165) is 30.6 Å². The molecule has 0 aliphatic heterocycles. The summed E-state index contributed by atoms with van der Waals surface area (Å²) in [5, 5.41) is 11.5. The van der Waals surface area contributed by atoms with E-state index in [1.54, 1.807) is 0 Å². The van der Waals surface area contributed by atoms with Gasteiger partial charge in [0.25, 0.3) is 0 Å². The minimum atomic E-state index is -1.17. The number of nitrogens with two attached hydrogens (primary N) is 1. The third-order valence-electron chi connectivity index (χ3n) is 3.63. The molecule has 1 aliphatic rings. The molecule has 1 aliphatic carbocycles. The normalized spacial score (nSPS) is 18.3. The number of carbonyl (C=O) groups excluding carboxylic acids is 2. The van der Waals surface area contributed by atoms with E-state index in [9.17, 15) is 14.4 Å². The Kier molecular flexibility index (Phi) is 5.35. The van der Waals surface area contributed by atoms with Crippen LogP contribution >= 0.6 is 0 Å². The van der Waals surface area contributed by atoms with Crippen LogP contribution in [0.4, 0.5) is 4.79 Å². The van der Waals surface area contributed by atoms with Crippen molar-refractivity contribution in [2.75, 3.05) is 13.1 Å². The zero-order valence-electron chi connectivity index (χ0n) is 12.0. The number of hydrogen-bond acceptors (Lipinski definition) is 3. The highest BCUT2D eigenvalue weighted by Crippen LogP contribution is 2.34. The van der Waals surface area contributed by atoms with E-state index in [0.29, 0.717) is 0 Å². The lowest BCUT2D eigenvalue weighted by molar-refractivity contribution is -0.137. The Bertz CT molecular complexity index is 369. The summed E-state index contributed by atoms with van der Waals surface area (Å²) >= 11 is 0. The maximum absolute atomic E-state index is 12.0. The Morgan fingerprint density at radius 3 is 2.25 bits per heavy atom. The number of nitrogens with one attached hydrogen (secondary N) is 1. The first-order valence-corrected chi connectivity index (χ1v) is 6.75. The van der Waals surface area contributed by atoms with Gasteiger partial charge in [0, 0.05) is 6.04 Å². The van der Waals surface area contributed by atoms with Gasteiger partial charge in [0.1, 0.15) is 13.1 Å². The topological polar surface area (TPSA) is 113 Å². The summed E-state index contributed by atoms with van der Waals surface area (Å²) in [4.78, 5) is 34.5. The van der Waals surface area contributed by atoms with Crippen molar-refractivity contribution in [3.05, 3.63) is 0 Å². The van der Waals surface area contributed by atoms with Crippen molar-refractivity contribution in [1.29, 1.82) is 0 Å². The van der Waals surface area contributed by atoms with Crippen molar-refractivity contribution in [2.24, 2.45) is 11.1 Å². The molecule has 0 radical (unpaired) electrons. The van der Waals surface area contributed by atoms with E-state index >= 15 is 0 Å². The minimum absolute atomic E-state index is 0.0275. The average Bonchev–Trinajstić information content (AvgIpc) is 2.29. The van der Waals surface area contributed by atoms with E-state index in [-0.39, 0.29) is 11.5 Å². The molecule has 3 amide bonds. The first-order chi connectivity index (χ1) is 9.19. The Morgan fingerprint density at radius 2 is 1.80 bits per heavy atom. The molecule has 0 aromatic carbocycles. The molecule has 1 saturated carbocycles. The fraction of sp³-hybridized carbons (Fsp3) is 0.769. The predicted octanol–water partition coefficient (Wildman–Crippen LogP) is 0.537. The number of carboxylic acid groups (broad SMARTS) is 1. The number of hydrogen-bond donors (Lipinski definition) is 3. The number of nitrogens with zero attached hydrogens (tertiary/aromatic N) is 1. The van der Waals surface area contributed by atoms with Crippen LogP contribution in [0.1, 0.15) is 39.5 Å². The number of aliphatic carboxylic acids is 1. The molecule has 0 atom stereocenters. The second-order valence-electron chi connectivity index (χ2n) is 6.10. The molecule has 20 heavy (non-hydrogen) atoms. The van der Waals surface area contributed by atoms with E-state index in [2.05, 4.69) is 19.2 Å². The van der Waals surface area contributed by atoms with E-state index in [4.69, 9.17) is 10.8 Å². The number of amides is 3. The van der Waals surface area contributed by atoms with Crippen molar-refractivity contribution in [2.45, 2.75) is 45.6 Å². The summed E-state index contributed by atoms with van der Waals surface area (Å²) in [7, 11) is 0. The summed E-state index contributed by atoms with van der Waals surface area (Å²) in [5.74, 6) is -1.91. The lowest BCUT2D eigenvalue weighted by Crippen LogP contribution is -2.50. The van der Waals surface area contributed by atoms with Gasteiger partial charge in [-0.05, 0) is 31.1 Å². The van der Waals surface area contributed by atoms with E-state index in [1.807, 2.05) is 0 Å². The van der Waals surface area contributed by atoms with Crippen molar-refractivity contribution >= 4 is 17.9 Å². The highest BCUT2D eigenvalue weighted by atomic mass is 16.4. The molecule has 0 unspecified atom stereocenters. The van der Waals surface area contributed by atoms with Crippen molar-refractivity contribution in [3.8, 4) is 0 Å². The molecule has 1 rings (SSSR count). The van der Waals surface area contributed by atoms with Gasteiger partial charge in [-0.25, -0.2) is 4.79 Å². The maximum Gasteiger partial charge on any atom is 0.323 e. The van der Waals surface area contributed by atoms with Crippen LogP contribution in [0.2, 0.25) is 0 Å². The van der Waals surface area contributed by atoms with Gasteiger partial charge in [-0.3, -0.25) is 9.59 Å². The van der Waals surface area contributed by atoms with Gasteiger partial charge in [0.2, 0.25) is 5.91 Å². The highest BCUT2D eigenvalue weighted by molar-refractivity contribution is 5.86. The first kappa shape index (κ1) is 16.3. The smallest absolute Gasteiger partial charge is 0.323 e. The number of urea groups is 1. The van der Waals surface area contributed by atoms with Crippen LogP contribution < -0.4 is 11.1 Å². The molecule has 0 spiro atoms. The Balaban J connectivity index is 2.53. The molecule has 0 aromatic rings. The summed E-state index contributed by atoms with van der Waals surface area (Å²) in [6.07, 6.45) is 3.73. The van der Waals surface area contributed by atoms with Gasteiger partial charge in [0.05, 0.1) is 0 Å². The molecule has 4 N–H and O–H groups in total. The monoisotopic (exact) mass is 285 g/mol. The molecule has 0 saturated heterocycles. The zero-order valence-corrected chi connectivity index (χ0v) is 12.0. The Morgan fingerprint density at radius 1 is 1.25 bits per heavy atom. The van der Waals surface area contributed by atoms with E-state index in [1.165, 1.54) is 0 Å². The van der Waals surface area contributed by atoms with Gasteiger partial charge in [-0.2, -0.15) is 0 Å². The summed E-state index contributed by atoms with van der Waals surface area (Å²) < 4.78 is 0. The second-order valence-corrected chi connectivity index (χ2v) is 6.10. The SMILES string of the molecule is CC1(C)CCC(NC(=O)N(CC(N)=O)CC(=O)O)CC1. The van der Waals surface area contributed by atoms with Crippen LogP contribution in [0.5, 0.6) is 0 Å². The van der Waals surface area contributed by atoms with Crippen LogP contribution in [-0.4, -0.2) is 47.0 Å². The molecule has 0 bridgehead atoms. The van der Waals surface area contributed by atoms with Crippen LogP contribution in [0.15, 0.2) is 0 Å². The van der Waals surface area contributed by atoms with Crippen molar-refractivity contribution < 1.29 is 19.5 Å². The molecule has 7 heteroatoms. The molecule has 114 valence electrons. The fourth-order valence-corrected chi connectivity index (χ4v) is 2.36. The lowest BCUT2D eigenvalue weighted by atomic mass is 9.75. The number of carbonyl (C=O) groups is 3. The van der Waals surface area contributed by atoms with Gasteiger partial charge in [0.15, 0.2) is 0 Å². The van der Waals surface area contributed by atoms with Crippen LogP contribution in [-0.2, 0) is 9.59 Å². The number of primary amides is 1. The fourth-order valence-electron chi connectivity index (χ4n) is 2.36. The van der Waals surface area contributed by atoms with Crippen molar-refractivity contribution in [1.82, 2.24) is 10.2 Å². The van der Waals surface area contributed by atoms with Crippen LogP contribution in [0.25, 0.3) is 0 Å². The Hall–Kier alpha value is -1.79. The van der Waals surface area contributed by atoms with Crippen LogP contribution in [0, 0.1) is 5.41 Å². The molecule has 0 heterocycles. The predicted molar refractivity (Wildman–Crippen MR) is 73.0 cm³/mol. The average molecular weight is 285 g/mol. The Labute approximate surface area is 118 Å². The van der Waals surface area contributed by atoms with Gasteiger partial charge in [-0.15, -0.1) is 0 Å². The molecular formula is C13H23N3O4. The summed E-state index contributed by atoms with van der Waals surface area (Å²) in [5.41, 5.74) is 5.31. The van der Waals surface area contributed by atoms with Gasteiger partial charge >= 0.3 is 12.0 Å². The summed E-state index contributed by atoms with van der Waals surface area (Å²) in [6.45, 7) is 3.45. The lowest BCUT2D eigenvalue weighted by Gasteiger charge is -2.35. The largest absolute Gasteiger partial charge is 0.480 e. The minimum Gasteiger partial charge on any atom is -0.480 e. The zero-order chi connectivity index (χ0) is 15.3. The number of rotatable bonds is 5.